The summed E-state index contributed by atoms with van der Waals surface area (Å²) < 4.78 is 4.91. The van der Waals surface area contributed by atoms with Crippen LogP contribution >= 0.6 is 0 Å². The highest BCUT2D eigenvalue weighted by atomic mass is 16.5. The number of nitrogens with zero attached hydrogens (tertiary/aromatic N) is 1. The molecular formula is C13H12N2O3. The standard InChI is InChI=1S/C13H12N2O3/c1-9(16)18-8-11-7-12(17)14-15-13(11)10-5-3-2-4-6-10/h2-7H,8H2,1H3,(H,14,17). The largest absolute Gasteiger partial charge is 0.461 e. The SMILES string of the molecule is CC(=O)OCc1cc(=O)[nH]nc1-c1ccccc1. The molecular weight excluding hydrogens is 232 g/mol. The minimum absolute atomic E-state index is 0.0382. The molecule has 0 saturated heterocycles. The van der Waals surface area contributed by atoms with E-state index in [-0.39, 0.29) is 12.2 Å². The van der Waals surface area contributed by atoms with E-state index in [1.54, 1.807) is 0 Å². The Kier molecular flexibility index (Phi) is 3.52. The highest BCUT2D eigenvalue weighted by molar-refractivity contribution is 5.67. The van der Waals surface area contributed by atoms with Gasteiger partial charge in [0.2, 0.25) is 0 Å². The van der Waals surface area contributed by atoms with E-state index in [2.05, 4.69) is 10.2 Å². The fraction of sp³-hybridized carbons (Fsp3) is 0.154. The number of nitrogens with one attached hydrogen (secondary N) is 1. The zero-order valence-corrected chi connectivity index (χ0v) is 9.84. The van der Waals surface area contributed by atoms with Gasteiger partial charge in [0.15, 0.2) is 0 Å². The van der Waals surface area contributed by atoms with Gasteiger partial charge in [-0.2, -0.15) is 5.10 Å². The van der Waals surface area contributed by atoms with Crippen molar-refractivity contribution in [3.8, 4) is 11.3 Å². The van der Waals surface area contributed by atoms with E-state index >= 15 is 0 Å². The molecule has 2 rings (SSSR count). The first-order valence-electron chi connectivity index (χ1n) is 5.44. The molecule has 0 saturated carbocycles. The molecule has 92 valence electrons. The second kappa shape index (κ2) is 5.27. The van der Waals surface area contributed by atoms with Crippen LogP contribution in [-0.4, -0.2) is 16.2 Å². The first-order chi connectivity index (χ1) is 8.66. The number of carbonyl (C=O) groups excluding carboxylic acids is 1. The molecule has 2 aromatic rings. The van der Waals surface area contributed by atoms with Crippen LogP contribution in [0.1, 0.15) is 12.5 Å². The predicted octanol–water partition coefficient (Wildman–Crippen LogP) is 1.50. The van der Waals surface area contributed by atoms with Crippen molar-refractivity contribution in [2.24, 2.45) is 0 Å². The lowest BCUT2D eigenvalue weighted by molar-refractivity contribution is -0.142. The van der Waals surface area contributed by atoms with E-state index in [4.69, 9.17) is 4.74 Å². The normalized spacial score (nSPS) is 10.1. The Labute approximate surface area is 103 Å². The second-order valence-electron chi connectivity index (χ2n) is 3.75. The molecule has 1 aromatic heterocycles. The minimum atomic E-state index is -0.394. The van der Waals surface area contributed by atoms with Crippen LogP contribution in [0.25, 0.3) is 11.3 Å². The second-order valence-corrected chi connectivity index (χ2v) is 3.75. The Balaban J connectivity index is 2.41. The van der Waals surface area contributed by atoms with Crippen molar-refractivity contribution in [3.63, 3.8) is 0 Å². The predicted molar refractivity (Wildman–Crippen MR) is 65.8 cm³/mol. The zero-order chi connectivity index (χ0) is 13.0. The van der Waals surface area contributed by atoms with Gasteiger partial charge >= 0.3 is 5.97 Å². The summed E-state index contributed by atoms with van der Waals surface area (Å²) in [5.41, 5.74) is 1.73. The van der Waals surface area contributed by atoms with E-state index in [0.717, 1.165) is 5.56 Å². The summed E-state index contributed by atoms with van der Waals surface area (Å²) in [6.07, 6.45) is 0. The van der Waals surface area contributed by atoms with Crippen molar-refractivity contribution >= 4 is 5.97 Å². The summed E-state index contributed by atoms with van der Waals surface area (Å²) in [6, 6.07) is 10.8. The quantitative estimate of drug-likeness (QED) is 0.830. The van der Waals surface area contributed by atoms with E-state index in [1.807, 2.05) is 30.3 Å². The summed E-state index contributed by atoms with van der Waals surface area (Å²) in [5, 5.41) is 6.38. The number of hydrogen-bond acceptors (Lipinski definition) is 4. The fourth-order valence-electron chi connectivity index (χ4n) is 1.58. The number of rotatable bonds is 3. The molecule has 0 fully saturated rings. The summed E-state index contributed by atoms with van der Waals surface area (Å²) in [6.45, 7) is 1.36. The molecule has 1 N–H and O–H groups in total. The van der Waals surface area contributed by atoms with Crippen molar-refractivity contribution in [1.82, 2.24) is 10.2 Å². The lowest BCUT2D eigenvalue weighted by atomic mass is 10.1. The van der Waals surface area contributed by atoms with E-state index in [1.165, 1.54) is 13.0 Å². The maximum atomic E-state index is 11.3. The Bertz CT molecular complexity index is 605. The first kappa shape index (κ1) is 12.0. The van der Waals surface area contributed by atoms with Gasteiger partial charge in [0.1, 0.15) is 6.61 Å². The molecule has 0 aliphatic carbocycles. The Morgan fingerprint density at radius 3 is 2.72 bits per heavy atom. The molecule has 0 aliphatic rings. The van der Waals surface area contributed by atoms with Crippen LogP contribution in [0, 0.1) is 0 Å². The average Bonchev–Trinajstić information content (AvgIpc) is 2.37. The van der Waals surface area contributed by atoms with Crippen molar-refractivity contribution in [2.75, 3.05) is 0 Å². The number of aromatic nitrogens is 2. The lowest BCUT2D eigenvalue weighted by Gasteiger charge is -2.07. The van der Waals surface area contributed by atoms with Gasteiger partial charge in [0, 0.05) is 24.1 Å². The third kappa shape index (κ3) is 2.82. The van der Waals surface area contributed by atoms with Crippen molar-refractivity contribution in [1.29, 1.82) is 0 Å². The molecule has 1 heterocycles. The van der Waals surface area contributed by atoms with E-state index in [0.29, 0.717) is 11.3 Å². The number of hydrogen-bond donors (Lipinski definition) is 1. The monoisotopic (exact) mass is 244 g/mol. The molecule has 0 unspecified atom stereocenters. The van der Waals surface area contributed by atoms with Crippen LogP contribution in [0.5, 0.6) is 0 Å². The molecule has 1 aromatic carbocycles. The Morgan fingerprint density at radius 1 is 1.33 bits per heavy atom. The molecule has 0 bridgehead atoms. The van der Waals surface area contributed by atoms with Crippen LogP contribution in [0.2, 0.25) is 0 Å². The number of aromatic amines is 1. The van der Waals surface area contributed by atoms with Crippen LogP contribution < -0.4 is 5.56 Å². The highest BCUT2D eigenvalue weighted by Crippen LogP contribution is 2.19. The van der Waals surface area contributed by atoms with Crippen LogP contribution in [-0.2, 0) is 16.1 Å². The lowest BCUT2D eigenvalue weighted by Crippen LogP contribution is -2.12. The van der Waals surface area contributed by atoms with Gasteiger partial charge < -0.3 is 4.74 Å². The van der Waals surface area contributed by atoms with Gasteiger partial charge in [-0.05, 0) is 0 Å². The number of carbonyl (C=O) groups is 1. The summed E-state index contributed by atoms with van der Waals surface area (Å²) >= 11 is 0. The smallest absolute Gasteiger partial charge is 0.302 e. The molecule has 0 spiro atoms. The molecule has 5 nitrogen and oxygen atoms in total. The average molecular weight is 244 g/mol. The van der Waals surface area contributed by atoms with Gasteiger partial charge in [-0.25, -0.2) is 5.10 Å². The third-order valence-corrected chi connectivity index (χ3v) is 2.37. The van der Waals surface area contributed by atoms with Crippen LogP contribution in [0.4, 0.5) is 0 Å². The van der Waals surface area contributed by atoms with E-state index in [9.17, 15) is 9.59 Å². The number of benzene rings is 1. The molecule has 18 heavy (non-hydrogen) atoms. The molecule has 0 amide bonds. The van der Waals surface area contributed by atoms with Gasteiger partial charge in [0.05, 0.1) is 5.69 Å². The molecule has 0 atom stereocenters. The first-order valence-corrected chi connectivity index (χ1v) is 5.44. The van der Waals surface area contributed by atoms with E-state index < -0.39 is 5.97 Å². The van der Waals surface area contributed by atoms with Crippen LogP contribution in [0.3, 0.4) is 0 Å². The van der Waals surface area contributed by atoms with Gasteiger partial charge in [-0.15, -0.1) is 0 Å². The van der Waals surface area contributed by atoms with Crippen molar-refractivity contribution < 1.29 is 9.53 Å². The molecule has 0 radical (unpaired) electrons. The maximum absolute atomic E-state index is 11.3. The fourth-order valence-corrected chi connectivity index (χ4v) is 1.58. The van der Waals surface area contributed by atoms with Crippen LogP contribution in [0.15, 0.2) is 41.2 Å². The Hall–Kier alpha value is -2.43. The molecule has 5 heteroatoms. The number of esters is 1. The topological polar surface area (TPSA) is 72.1 Å². The zero-order valence-electron chi connectivity index (χ0n) is 9.84. The van der Waals surface area contributed by atoms with Gasteiger partial charge in [-0.3, -0.25) is 9.59 Å². The summed E-state index contributed by atoms with van der Waals surface area (Å²) in [5.74, 6) is -0.394. The third-order valence-electron chi connectivity index (χ3n) is 2.37. The number of H-pyrrole nitrogens is 1. The Morgan fingerprint density at radius 2 is 2.06 bits per heavy atom. The summed E-state index contributed by atoms with van der Waals surface area (Å²) in [4.78, 5) is 22.1. The molecule has 0 aliphatic heterocycles. The van der Waals surface area contributed by atoms with Gasteiger partial charge in [-0.1, -0.05) is 30.3 Å². The van der Waals surface area contributed by atoms with Crippen molar-refractivity contribution in [3.05, 3.63) is 52.3 Å². The highest BCUT2D eigenvalue weighted by Gasteiger charge is 2.09. The maximum Gasteiger partial charge on any atom is 0.302 e. The summed E-state index contributed by atoms with van der Waals surface area (Å²) in [7, 11) is 0. The number of ether oxygens (including phenoxy) is 1. The van der Waals surface area contributed by atoms with Gasteiger partial charge in [0.25, 0.3) is 5.56 Å². The minimum Gasteiger partial charge on any atom is -0.461 e. The van der Waals surface area contributed by atoms with Crippen molar-refractivity contribution in [2.45, 2.75) is 13.5 Å².